The number of fused-ring (bicyclic) bond motifs is 1. The zero-order valence-corrected chi connectivity index (χ0v) is 12.3. The molecular formula is C17H12FNO5. The molecule has 0 saturated carbocycles. The average Bonchev–Trinajstić information content (AvgIpc) is 2.51. The first kappa shape index (κ1) is 15.5. The van der Waals surface area contributed by atoms with Gasteiger partial charge in [-0.25, -0.2) is 14.0 Å². The van der Waals surface area contributed by atoms with Gasteiger partial charge < -0.3 is 20.0 Å². The van der Waals surface area contributed by atoms with Crippen molar-refractivity contribution in [3.63, 3.8) is 0 Å². The molecule has 0 saturated heterocycles. The third-order valence-corrected chi connectivity index (χ3v) is 3.41. The van der Waals surface area contributed by atoms with Crippen LogP contribution in [0.4, 0.5) is 10.1 Å². The highest BCUT2D eigenvalue weighted by Gasteiger charge is 2.14. The molecule has 0 aliphatic heterocycles. The molecule has 3 aromatic rings. The number of esters is 1. The van der Waals surface area contributed by atoms with Gasteiger partial charge in [0, 0.05) is 28.8 Å². The van der Waals surface area contributed by atoms with Crippen molar-refractivity contribution in [2.75, 3.05) is 5.73 Å². The van der Waals surface area contributed by atoms with Crippen LogP contribution in [0.25, 0.3) is 11.0 Å². The monoisotopic (exact) mass is 329 g/mol. The second-order valence-electron chi connectivity index (χ2n) is 5.08. The minimum absolute atomic E-state index is 0.0290. The Morgan fingerprint density at radius 2 is 2.00 bits per heavy atom. The number of carbonyl (C=O) groups excluding carboxylic acids is 1. The Kier molecular flexibility index (Phi) is 3.91. The minimum atomic E-state index is -0.743. The van der Waals surface area contributed by atoms with E-state index in [-0.39, 0.29) is 29.2 Å². The maximum absolute atomic E-state index is 13.0. The highest BCUT2D eigenvalue weighted by atomic mass is 19.1. The van der Waals surface area contributed by atoms with Crippen molar-refractivity contribution in [2.24, 2.45) is 0 Å². The highest BCUT2D eigenvalue weighted by Crippen LogP contribution is 2.23. The summed E-state index contributed by atoms with van der Waals surface area (Å²) >= 11 is 0. The van der Waals surface area contributed by atoms with Crippen LogP contribution in [0.5, 0.6) is 5.75 Å². The number of carbonyl (C=O) groups is 1. The van der Waals surface area contributed by atoms with Gasteiger partial charge in [-0.2, -0.15) is 0 Å². The molecule has 122 valence electrons. The van der Waals surface area contributed by atoms with Crippen molar-refractivity contribution in [3.8, 4) is 5.75 Å². The number of phenols is 1. The predicted octanol–water partition coefficient (Wildman–Crippen LogP) is 2.58. The summed E-state index contributed by atoms with van der Waals surface area (Å²) in [4.78, 5) is 23.6. The summed E-state index contributed by atoms with van der Waals surface area (Å²) in [7, 11) is 0. The average molecular weight is 329 g/mol. The molecule has 0 fully saturated rings. The summed E-state index contributed by atoms with van der Waals surface area (Å²) in [6, 6.07) is 8.80. The summed E-state index contributed by atoms with van der Waals surface area (Å²) < 4.78 is 23.1. The lowest BCUT2D eigenvalue weighted by molar-refractivity contribution is 0.0475. The number of benzene rings is 2. The Hall–Kier alpha value is -3.35. The standard InChI is InChI=1S/C17H12FNO5/c18-10-1-3-13(14(19)6-10)17(22)23-8-9-5-16(21)24-15-7-11(20)2-4-12(9)15/h1-7,20H,8,19H2. The Morgan fingerprint density at radius 1 is 1.21 bits per heavy atom. The first-order valence-electron chi connectivity index (χ1n) is 6.92. The molecular weight excluding hydrogens is 317 g/mol. The van der Waals surface area contributed by atoms with Gasteiger partial charge in [-0.15, -0.1) is 0 Å². The van der Waals surface area contributed by atoms with Crippen LogP contribution in [-0.4, -0.2) is 11.1 Å². The Morgan fingerprint density at radius 3 is 2.75 bits per heavy atom. The summed E-state index contributed by atoms with van der Waals surface area (Å²) in [5.74, 6) is -1.36. The fourth-order valence-corrected chi connectivity index (χ4v) is 2.28. The van der Waals surface area contributed by atoms with Crippen molar-refractivity contribution >= 4 is 22.6 Å². The van der Waals surface area contributed by atoms with E-state index in [9.17, 15) is 19.1 Å². The second-order valence-corrected chi connectivity index (χ2v) is 5.08. The van der Waals surface area contributed by atoms with Crippen LogP contribution in [0.3, 0.4) is 0 Å². The van der Waals surface area contributed by atoms with E-state index in [1.54, 1.807) is 6.07 Å². The fourth-order valence-electron chi connectivity index (χ4n) is 2.28. The van der Waals surface area contributed by atoms with Crippen molar-refractivity contribution in [1.29, 1.82) is 0 Å². The van der Waals surface area contributed by atoms with Crippen LogP contribution < -0.4 is 11.4 Å². The topological polar surface area (TPSA) is 103 Å². The molecule has 7 heteroatoms. The van der Waals surface area contributed by atoms with E-state index in [2.05, 4.69) is 0 Å². The SMILES string of the molecule is Nc1cc(F)ccc1C(=O)OCc1cc(=O)oc2cc(O)ccc12. The lowest BCUT2D eigenvalue weighted by atomic mass is 10.1. The molecule has 1 aromatic heterocycles. The van der Waals surface area contributed by atoms with Gasteiger partial charge in [0.05, 0.1) is 5.56 Å². The predicted molar refractivity (Wildman–Crippen MR) is 84.1 cm³/mol. The normalized spacial score (nSPS) is 10.7. The van der Waals surface area contributed by atoms with Crippen LogP contribution in [0.1, 0.15) is 15.9 Å². The number of nitrogens with two attached hydrogens (primary N) is 1. The Labute approximate surface area is 134 Å². The van der Waals surface area contributed by atoms with Crippen molar-refractivity contribution in [2.45, 2.75) is 6.61 Å². The van der Waals surface area contributed by atoms with Crippen molar-refractivity contribution in [1.82, 2.24) is 0 Å². The van der Waals surface area contributed by atoms with Gasteiger partial charge >= 0.3 is 11.6 Å². The van der Waals surface area contributed by atoms with Crippen molar-refractivity contribution in [3.05, 3.63) is 69.8 Å². The number of aromatic hydroxyl groups is 1. The minimum Gasteiger partial charge on any atom is -0.508 e. The molecule has 0 bridgehead atoms. The number of rotatable bonds is 3. The Balaban J connectivity index is 1.88. The maximum atomic E-state index is 13.0. The number of phenolic OH excluding ortho intramolecular Hbond substituents is 1. The Bertz CT molecular complexity index is 996. The van der Waals surface area contributed by atoms with Crippen LogP contribution in [-0.2, 0) is 11.3 Å². The van der Waals surface area contributed by atoms with Gasteiger partial charge in [-0.3, -0.25) is 0 Å². The number of nitrogen functional groups attached to an aromatic ring is 1. The highest BCUT2D eigenvalue weighted by molar-refractivity contribution is 5.95. The van der Waals surface area contributed by atoms with Gasteiger partial charge in [-0.05, 0) is 30.3 Å². The fraction of sp³-hybridized carbons (Fsp3) is 0.0588. The van der Waals surface area contributed by atoms with Gasteiger partial charge in [0.15, 0.2) is 0 Å². The molecule has 0 aliphatic rings. The lowest BCUT2D eigenvalue weighted by Crippen LogP contribution is -2.10. The molecule has 0 spiro atoms. The van der Waals surface area contributed by atoms with E-state index in [1.807, 2.05) is 0 Å². The van der Waals surface area contributed by atoms with Gasteiger partial charge in [0.2, 0.25) is 0 Å². The molecule has 0 amide bonds. The molecule has 6 nitrogen and oxygen atoms in total. The van der Waals surface area contributed by atoms with Crippen LogP contribution >= 0.6 is 0 Å². The van der Waals surface area contributed by atoms with Crippen LogP contribution in [0, 0.1) is 5.82 Å². The van der Waals surface area contributed by atoms with Crippen LogP contribution in [0.2, 0.25) is 0 Å². The number of hydrogen-bond donors (Lipinski definition) is 2. The van der Waals surface area contributed by atoms with E-state index in [1.165, 1.54) is 24.3 Å². The van der Waals surface area contributed by atoms with Crippen molar-refractivity contribution < 1.29 is 23.4 Å². The lowest BCUT2D eigenvalue weighted by Gasteiger charge is -2.09. The van der Waals surface area contributed by atoms with E-state index >= 15 is 0 Å². The quantitative estimate of drug-likeness (QED) is 0.435. The molecule has 24 heavy (non-hydrogen) atoms. The summed E-state index contributed by atoms with van der Waals surface area (Å²) in [5, 5.41) is 9.96. The molecule has 3 N–H and O–H groups in total. The summed E-state index contributed by atoms with van der Waals surface area (Å²) in [6.45, 7) is -0.206. The first-order chi connectivity index (χ1) is 11.4. The van der Waals surface area contributed by atoms with Crippen LogP contribution in [0.15, 0.2) is 51.7 Å². The summed E-state index contributed by atoms with van der Waals surface area (Å²) in [5.41, 5.74) is 5.53. The van der Waals surface area contributed by atoms with E-state index in [4.69, 9.17) is 14.9 Å². The van der Waals surface area contributed by atoms with E-state index in [0.29, 0.717) is 10.9 Å². The van der Waals surface area contributed by atoms with E-state index in [0.717, 1.165) is 12.1 Å². The zero-order chi connectivity index (χ0) is 17.3. The molecule has 3 rings (SSSR count). The molecule has 0 radical (unpaired) electrons. The number of anilines is 1. The molecule has 2 aromatic carbocycles. The number of halogens is 1. The third kappa shape index (κ3) is 3.05. The smallest absolute Gasteiger partial charge is 0.340 e. The third-order valence-electron chi connectivity index (χ3n) is 3.41. The second kappa shape index (κ2) is 6.04. The number of hydrogen-bond acceptors (Lipinski definition) is 6. The number of ether oxygens (including phenoxy) is 1. The molecule has 0 atom stereocenters. The first-order valence-corrected chi connectivity index (χ1v) is 6.92. The zero-order valence-electron chi connectivity index (χ0n) is 12.3. The van der Waals surface area contributed by atoms with Gasteiger partial charge in [0.25, 0.3) is 0 Å². The molecule has 0 aliphatic carbocycles. The largest absolute Gasteiger partial charge is 0.508 e. The van der Waals surface area contributed by atoms with Gasteiger partial charge in [0.1, 0.15) is 23.8 Å². The van der Waals surface area contributed by atoms with Gasteiger partial charge in [-0.1, -0.05) is 0 Å². The maximum Gasteiger partial charge on any atom is 0.340 e. The molecule has 1 heterocycles. The molecule has 0 unspecified atom stereocenters. The summed E-state index contributed by atoms with van der Waals surface area (Å²) in [6.07, 6.45) is 0. The van der Waals surface area contributed by atoms with E-state index < -0.39 is 17.4 Å².